The van der Waals surface area contributed by atoms with Gasteiger partial charge < -0.3 is 14.6 Å². The van der Waals surface area contributed by atoms with Gasteiger partial charge in [0.05, 0.1) is 12.2 Å². The zero-order chi connectivity index (χ0) is 22.5. The van der Waals surface area contributed by atoms with Crippen LogP contribution in [0.4, 0.5) is 0 Å². The van der Waals surface area contributed by atoms with E-state index in [1.807, 2.05) is 30.3 Å². The molecule has 0 spiro atoms. The number of aliphatic hydroxyl groups excluding tert-OH is 1. The molecule has 4 aliphatic rings. The van der Waals surface area contributed by atoms with Gasteiger partial charge in [-0.3, -0.25) is 0 Å². The molecule has 176 valence electrons. The zero-order valence-electron chi connectivity index (χ0n) is 20.0. The number of fused-ring (bicyclic) bond motifs is 5. The third-order valence-electron chi connectivity index (χ3n) is 10.5. The van der Waals surface area contributed by atoms with E-state index in [0.29, 0.717) is 41.1 Å². The van der Waals surface area contributed by atoms with Crippen LogP contribution < -0.4 is 0 Å². The van der Waals surface area contributed by atoms with Crippen molar-refractivity contribution in [3.05, 3.63) is 35.9 Å². The minimum atomic E-state index is -0.180. The summed E-state index contributed by atoms with van der Waals surface area (Å²) in [5.41, 5.74) is 1.16. The lowest BCUT2D eigenvalue weighted by atomic mass is 9.45. The minimum absolute atomic E-state index is 0.0414. The van der Waals surface area contributed by atoms with Crippen LogP contribution in [0.15, 0.2) is 30.3 Å². The Labute approximate surface area is 193 Å². The highest BCUT2D eigenvalue weighted by atomic mass is 16.5. The van der Waals surface area contributed by atoms with E-state index in [0.717, 1.165) is 26.1 Å². The van der Waals surface area contributed by atoms with Gasteiger partial charge in [-0.2, -0.15) is 0 Å². The van der Waals surface area contributed by atoms with Crippen LogP contribution in [0.1, 0.15) is 69.7 Å². The maximum Gasteiger partial charge on any atom is 0.338 e. The van der Waals surface area contributed by atoms with E-state index in [9.17, 15) is 9.90 Å². The summed E-state index contributed by atoms with van der Waals surface area (Å²) in [5.74, 6) is 2.74. The van der Waals surface area contributed by atoms with Crippen LogP contribution in [0.5, 0.6) is 0 Å². The maximum atomic E-state index is 13.1. The Bertz CT molecular complexity index is 824. The molecule has 0 amide bonds. The number of hydrogen-bond acceptors (Lipinski definition) is 4. The number of esters is 1. The first-order valence-electron chi connectivity index (χ1n) is 12.8. The first-order valence-corrected chi connectivity index (χ1v) is 12.8. The normalized spacial score (nSPS) is 44.1. The Morgan fingerprint density at radius 1 is 1.12 bits per heavy atom. The molecule has 32 heavy (non-hydrogen) atoms. The number of rotatable bonds is 4. The van der Waals surface area contributed by atoms with Gasteiger partial charge in [0, 0.05) is 19.1 Å². The van der Waals surface area contributed by atoms with E-state index in [1.54, 1.807) is 0 Å². The second-order valence-corrected chi connectivity index (χ2v) is 11.8. The molecule has 0 radical (unpaired) electrons. The molecule has 3 saturated carbocycles. The van der Waals surface area contributed by atoms with Gasteiger partial charge in [-0.1, -0.05) is 39.0 Å². The van der Waals surface area contributed by atoms with Crippen molar-refractivity contribution in [2.75, 3.05) is 19.8 Å². The Hall–Kier alpha value is -1.39. The van der Waals surface area contributed by atoms with E-state index in [2.05, 4.69) is 20.8 Å². The highest BCUT2D eigenvalue weighted by molar-refractivity contribution is 5.89. The molecule has 4 fully saturated rings. The van der Waals surface area contributed by atoms with Gasteiger partial charge in [-0.15, -0.1) is 0 Å². The van der Waals surface area contributed by atoms with Gasteiger partial charge >= 0.3 is 5.97 Å². The second-order valence-electron chi connectivity index (χ2n) is 11.8. The molecule has 1 aliphatic heterocycles. The standard InChI is InChI=1S/C28H40O4/c1-18(16-29)21-9-10-22-25-23(11-12-28(21,22)3)27(2)13-14-31-17-20(27)15-24(25)32-26(30)19-7-5-4-6-8-19/h4-8,18,20-25,29H,9-17H2,1-3H3/t18-,20+,21-,22+,23+,24-,25+,27+,28-/m1/s1. The number of aliphatic hydroxyl groups is 1. The van der Waals surface area contributed by atoms with Crippen molar-refractivity contribution >= 4 is 5.97 Å². The highest BCUT2D eigenvalue weighted by Gasteiger charge is 2.63. The van der Waals surface area contributed by atoms with Gasteiger partial charge in [0.25, 0.3) is 0 Å². The molecule has 4 heteroatoms. The lowest BCUT2D eigenvalue weighted by Gasteiger charge is -2.62. The Balaban J connectivity index is 1.48. The quantitative estimate of drug-likeness (QED) is 0.642. The molecule has 0 unspecified atom stereocenters. The third kappa shape index (κ3) is 3.44. The molecule has 1 heterocycles. The summed E-state index contributed by atoms with van der Waals surface area (Å²) in [6.07, 6.45) is 6.83. The van der Waals surface area contributed by atoms with Crippen molar-refractivity contribution in [2.45, 2.75) is 65.4 Å². The highest BCUT2D eigenvalue weighted by Crippen LogP contribution is 2.67. The lowest BCUT2D eigenvalue weighted by Crippen LogP contribution is -2.60. The van der Waals surface area contributed by atoms with E-state index in [-0.39, 0.29) is 29.5 Å². The molecule has 5 rings (SSSR count). The fourth-order valence-electron chi connectivity index (χ4n) is 8.67. The van der Waals surface area contributed by atoms with Gasteiger partial charge in [0.1, 0.15) is 6.10 Å². The molecule has 1 aromatic carbocycles. The van der Waals surface area contributed by atoms with Gasteiger partial charge in [0.2, 0.25) is 0 Å². The smallest absolute Gasteiger partial charge is 0.338 e. The van der Waals surface area contributed by atoms with Crippen LogP contribution in [0.2, 0.25) is 0 Å². The van der Waals surface area contributed by atoms with Crippen LogP contribution in [0.3, 0.4) is 0 Å². The SMILES string of the molecule is C[C@H](CO)[C@H]1CC[C@H]2[C@@H]3[C@H](OC(=O)c4ccccc4)C[C@H]4COCC[C@]4(C)[C@H]3CC[C@]12C. The summed E-state index contributed by atoms with van der Waals surface area (Å²) in [5, 5.41) is 9.94. The van der Waals surface area contributed by atoms with Crippen molar-refractivity contribution in [3.8, 4) is 0 Å². The monoisotopic (exact) mass is 440 g/mol. The maximum absolute atomic E-state index is 13.1. The number of ether oxygens (including phenoxy) is 2. The molecular weight excluding hydrogens is 400 g/mol. The zero-order valence-corrected chi connectivity index (χ0v) is 20.0. The van der Waals surface area contributed by atoms with E-state index in [4.69, 9.17) is 9.47 Å². The van der Waals surface area contributed by atoms with Gasteiger partial charge in [0.15, 0.2) is 0 Å². The van der Waals surface area contributed by atoms with Crippen molar-refractivity contribution in [2.24, 2.45) is 46.3 Å². The second kappa shape index (κ2) is 8.43. The Morgan fingerprint density at radius 3 is 2.62 bits per heavy atom. The number of carbonyl (C=O) groups excluding carboxylic acids is 1. The first-order chi connectivity index (χ1) is 15.4. The summed E-state index contributed by atoms with van der Waals surface area (Å²) in [7, 11) is 0. The average Bonchev–Trinajstić information content (AvgIpc) is 3.16. The first kappa shape index (κ1) is 22.4. The molecule has 0 bridgehead atoms. The van der Waals surface area contributed by atoms with E-state index >= 15 is 0 Å². The van der Waals surface area contributed by atoms with Gasteiger partial charge in [-0.05, 0) is 91.1 Å². The van der Waals surface area contributed by atoms with Crippen LogP contribution in [-0.2, 0) is 9.47 Å². The Kier molecular flexibility index (Phi) is 5.90. The molecule has 9 atom stereocenters. The third-order valence-corrected chi connectivity index (χ3v) is 10.5. The van der Waals surface area contributed by atoms with Crippen molar-refractivity contribution in [3.63, 3.8) is 0 Å². The fraction of sp³-hybridized carbons (Fsp3) is 0.750. The number of carbonyl (C=O) groups is 1. The molecule has 1 N–H and O–H groups in total. The molecule has 0 aromatic heterocycles. The predicted molar refractivity (Wildman–Crippen MR) is 124 cm³/mol. The summed E-state index contributed by atoms with van der Waals surface area (Å²) >= 11 is 0. The van der Waals surface area contributed by atoms with Crippen LogP contribution in [0.25, 0.3) is 0 Å². The van der Waals surface area contributed by atoms with Crippen molar-refractivity contribution in [1.29, 1.82) is 0 Å². The van der Waals surface area contributed by atoms with Crippen molar-refractivity contribution < 1.29 is 19.4 Å². The average molecular weight is 441 g/mol. The number of benzene rings is 1. The molecule has 1 aromatic rings. The largest absolute Gasteiger partial charge is 0.458 e. The lowest BCUT2D eigenvalue weighted by molar-refractivity contribution is -0.189. The summed E-state index contributed by atoms with van der Waals surface area (Å²) in [4.78, 5) is 13.1. The van der Waals surface area contributed by atoms with Gasteiger partial charge in [-0.25, -0.2) is 4.79 Å². The van der Waals surface area contributed by atoms with Crippen LogP contribution >= 0.6 is 0 Å². The van der Waals surface area contributed by atoms with E-state index < -0.39 is 0 Å². The molecular formula is C28H40O4. The fourth-order valence-corrected chi connectivity index (χ4v) is 8.67. The van der Waals surface area contributed by atoms with E-state index in [1.165, 1.54) is 25.7 Å². The summed E-state index contributed by atoms with van der Waals surface area (Å²) in [6, 6.07) is 9.46. The minimum Gasteiger partial charge on any atom is -0.458 e. The topological polar surface area (TPSA) is 55.8 Å². The van der Waals surface area contributed by atoms with Crippen LogP contribution in [0, 0.1) is 46.3 Å². The van der Waals surface area contributed by atoms with Crippen LogP contribution in [-0.4, -0.2) is 37.0 Å². The Morgan fingerprint density at radius 2 is 1.88 bits per heavy atom. The molecule has 3 aliphatic carbocycles. The predicted octanol–water partition coefficient (Wildman–Crippen LogP) is 5.35. The molecule has 4 nitrogen and oxygen atoms in total. The number of hydrogen-bond donors (Lipinski definition) is 1. The molecule has 1 saturated heterocycles. The summed E-state index contributed by atoms with van der Waals surface area (Å²) in [6.45, 7) is 9.12. The summed E-state index contributed by atoms with van der Waals surface area (Å²) < 4.78 is 12.3. The van der Waals surface area contributed by atoms with Crippen molar-refractivity contribution in [1.82, 2.24) is 0 Å².